The Hall–Kier alpha value is -3.75. The Balaban J connectivity index is 1.41. The van der Waals surface area contributed by atoms with Crippen molar-refractivity contribution in [2.75, 3.05) is 50.6 Å². The second-order valence-electron chi connectivity index (χ2n) is 7.59. The molecule has 4 rings (SSSR count). The van der Waals surface area contributed by atoms with Crippen LogP contribution in [0.5, 0.6) is 11.5 Å². The first-order chi connectivity index (χ1) is 15.5. The predicted octanol–water partition coefficient (Wildman–Crippen LogP) is 3.26. The van der Waals surface area contributed by atoms with Gasteiger partial charge >= 0.3 is 6.03 Å². The molecule has 0 aliphatic carbocycles. The van der Waals surface area contributed by atoms with Crippen molar-refractivity contribution in [2.45, 2.75) is 13.8 Å². The van der Waals surface area contributed by atoms with E-state index in [1.165, 1.54) is 0 Å². The highest BCUT2D eigenvalue weighted by Crippen LogP contribution is 2.30. The molecule has 1 aromatic carbocycles. The van der Waals surface area contributed by atoms with Crippen molar-refractivity contribution in [3.05, 3.63) is 54.0 Å². The van der Waals surface area contributed by atoms with Crippen LogP contribution in [0.15, 0.2) is 42.6 Å². The summed E-state index contributed by atoms with van der Waals surface area (Å²) in [4.78, 5) is 21.3. The molecular weight excluding hydrogens is 408 g/mol. The number of nitrogens with zero attached hydrogens (tertiary/aromatic N) is 5. The predicted molar refractivity (Wildman–Crippen MR) is 123 cm³/mol. The molecule has 0 bridgehead atoms. The zero-order valence-corrected chi connectivity index (χ0v) is 18.8. The van der Waals surface area contributed by atoms with Gasteiger partial charge in [0.15, 0.2) is 17.3 Å². The van der Waals surface area contributed by atoms with E-state index in [0.717, 1.165) is 36.0 Å². The van der Waals surface area contributed by atoms with E-state index >= 15 is 0 Å². The number of rotatable bonds is 5. The zero-order chi connectivity index (χ0) is 22.7. The summed E-state index contributed by atoms with van der Waals surface area (Å²) in [6, 6.07) is 11.0. The van der Waals surface area contributed by atoms with E-state index in [-0.39, 0.29) is 6.03 Å². The van der Waals surface area contributed by atoms with Crippen LogP contribution in [-0.4, -0.2) is 66.1 Å². The highest BCUT2D eigenvalue weighted by atomic mass is 16.5. The number of amides is 2. The summed E-state index contributed by atoms with van der Waals surface area (Å²) < 4.78 is 12.4. The molecule has 1 fully saturated rings. The molecule has 1 saturated heterocycles. The lowest BCUT2D eigenvalue weighted by atomic mass is 10.2. The number of urea groups is 1. The van der Waals surface area contributed by atoms with Crippen molar-refractivity contribution >= 4 is 17.4 Å². The van der Waals surface area contributed by atoms with Crippen molar-refractivity contribution in [3.63, 3.8) is 0 Å². The number of pyridine rings is 1. The van der Waals surface area contributed by atoms with Gasteiger partial charge in [0.05, 0.1) is 31.3 Å². The SMILES string of the molecule is COc1ccc(NC(=O)N2CCN(c3c(C)nn(-c4ccccn4)c3C)CC2)cc1OC. The third-order valence-electron chi connectivity index (χ3n) is 5.64. The maximum Gasteiger partial charge on any atom is 0.321 e. The number of carbonyl (C=O) groups excluding carboxylic acids is 1. The van der Waals surface area contributed by atoms with Crippen LogP contribution in [-0.2, 0) is 0 Å². The summed E-state index contributed by atoms with van der Waals surface area (Å²) in [5.41, 5.74) is 3.77. The highest BCUT2D eigenvalue weighted by Gasteiger charge is 2.26. The van der Waals surface area contributed by atoms with E-state index in [9.17, 15) is 4.79 Å². The minimum atomic E-state index is -0.130. The minimum absolute atomic E-state index is 0.130. The number of aryl methyl sites for hydroxylation is 1. The monoisotopic (exact) mass is 436 g/mol. The van der Waals surface area contributed by atoms with Crippen LogP contribution in [0.2, 0.25) is 0 Å². The second kappa shape index (κ2) is 9.17. The zero-order valence-electron chi connectivity index (χ0n) is 18.8. The first-order valence-electron chi connectivity index (χ1n) is 10.5. The number of nitrogens with one attached hydrogen (secondary N) is 1. The number of benzene rings is 1. The van der Waals surface area contributed by atoms with Gasteiger partial charge in [-0.15, -0.1) is 0 Å². The van der Waals surface area contributed by atoms with Crippen LogP contribution >= 0.6 is 0 Å². The molecule has 2 aromatic heterocycles. The van der Waals surface area contributed by atoms with E-state index in [0.29, 0.717) is 30.3 Å². The number of hydrogen-bond donors (Lipinski definition) is 1. The quantitative estimate of drug-likeness (QED) is 0.661. The Labute approximate surface area is 187 Å². The number of hydrogen-bond acceptors (Lipinski definition) is 6. The van der Waals surface area contributed by atoms with Crippen LogP contribution in [0.25, 0.3) is 5.82 Å². The van der Waals surface area contributed by atoms with Crippen LogP contribution in [0.4, 0.5) is 16.2 Å². The van der Waals surface area contributed by atoms with Crippen molar-refractivity contribution in [1.82, 2.24) is 19.7 Å². The molecule has 0 radical (unpaired) electrons. The Morgan fingerprint density at radius 1 is 1.00 bits per heavy atom. The van der Waals surface area contributed by atoms with Gasteiger partial charge in [0.2, 0.25) is 0 Å². The average molecular weight is 437 g/mol. The molecule has 9 nitrogen and oxygen atoms in total. The van der Waals surface area contributed by atoms with Crippen molar-refractivity contribution in [3.8, 4) is 17.3 Å². The number of anilines is 2. The highest BCUT2D eigenvalue weighted by molar-refractivity contribution is 5.90. The third kappa shape index (κ3) is 4.18. The fourth-order valence-corrected chi connectivity index (χ4v) is 4.04. The van der Waals surface area contributed by atoms with Gasteiger partial charge in [-0.3, -0.25) is 0 Å². The van der Waals surface area contributed by atoms with Gasteiger partial charge in [0.1, 0.15) is 0 Å². The Morgan fingerprint density at radius 3 is 2.41 bits per heavy atom. The normalized spacial score (nSPS) is 13.8. The van der Waals surface area contributed by atoms with Gasteiger partial charge in [0, 0.05) is 44.1 Å². The third-order valence-corrected chi connectivity index (χ3v) is 5.64. The Morgan fingerprint density at radius 2 is 1.75 bits per heavy atom. The van der Waals surface area contributed by atoms with Gasteiger partial charge in [-0.25, -0.2) is 14.5 Å². The number of carbonyl (C=O) groups is 1. The largest absolute Gasteiger partial charge is 0.493 e. The molecule has 0 unspecified atom stereocenters. The van der Waals surface area contributed by atoms with Crippen LogP contribution in [0.3, 0.4) is 0 Å². The average Bonchev–Trinajstić information content (AvgIpc) is 3.13. The molecule has 0 atom stereocenters. The smallest absolute Gasteiger partial charge is 0.321 e. The Bertz CT molecular complexity index is 1090. The first-order valence-corrected chi connectivity index (χ1v) is 10.5. The summed E-state index contributed by atoms with van der Waals surface area (Å²) in [6.07, 6.45) is 1.77. The van der Waals surface area contributed by atoms with Gasteiger partial charge in [-0.1, -0.05) is 6.07 Å². The molecule has 32 heavy (non-hydrogen) atoms. The number of piperazine rings is 1. The van der Waals surface area contributed by atoms with Crippen molar-refractivity contribution in [1.29, 1.82) is 0 Å². The summed E-state index contributed by atoms with van der Waals surface area (Å²) >= 11 is 0. The Kier molecular flexibility index (Phi) is 6.16. The topological polar surface area (TPSA) is 84.8 Å². The lowest BCUT2D eigenvalue weighted by molar-refractivity contribution is 0.208. The summed E-state index contributed by atoms with van der Waals surface area (Å²) in [5, 5.41) is 7.64. The summed E-state index contributed by atoms with van der Waals surface area (Å²) in [5.74, 6) is 1.99. The molecule has 0 spiro atoms. The van der Waals surface area contributed by atoms with Crippen LogP contribution in [0.1, 0.15) is 11.4 Å². The number of ether oxygens (including phenoxy) is 2. The lowest BCUT2D eigenvalue weighted by Crippen LogP contribution is -2.50. The van der Waals surface area contributed by atoms with E-state index in [1.54, 1.807) is 38.6 Å². The fourth-order valence-electron chi connectivity index (χ4n) is 4.04. The number of methoxy groups -OCH3 is 2. The lowest BCUT2D eigenvalue weighted by Gasteiger charge is -2.36. The van der Waals surface area contributed by atoms with Crippen molar-refractivity contribution in [2.24, 2.45) is 0 Å². The van der Waals surface area contributed by atoms with Crippen LogP contribution in [0, 0.1) is 13.8 Å². The molecular formula is C23H28N6O3. The summed E-state index contributed by atoms with van der Waals surface area (Å²) in [6.45, 7) is 6.77. The molecule has 2 amide bonds. The standard InChI is InChI=1S/C23H28N6O3/c1-16-22(17(2)29(26-16)21-7-5-6-10-24-21)27-11-13-28(14-12-27)23(30)25-18-8-9-19(31-3)20(15-18)32-4/h5-10,15H,11-14H2,1-4H3,(H,25,30). The molecule has 3 heterocycles. The van der Waals surface area contributed by atoms with Crippen molar-refractivity contribution < 1.29 is 14.3 Å². The maximum absolute atomic E-state index is 12.8. The van der Waals surface area contributed by atoms with Gasteiger partial charge in [-0.2, -0.15) is 5.10 Å². The van der Waals surface area contributed by atoms with E-state index in [2.05, 4.69) is 22.1 Å². The van der Waals surface area contributed by atoms with E-state index < -0.39 is 0 Å². The summed E-state index contributed by atoms with van der Waals surface area (Å²) in [7, 11) is 3.15. The van der Waals surface area contributed by atoms with Gasteiger partial charge in [-0.05, 0) is 38.1 Å². The molecule has 1 aliphatic rings. The van der Waals surface area contributed by atoms with Crippen LogP contribution < -0.4 is 19.7 Å². The van der Waals surface area contributed by atoms with E-state index in [4.69, 9.17) is 14.6 Å². The maximum atomic E-state index is 12.8. The molecule has 1 aliphatic heterocycles. The molecule has 0 saturated carbocycles. The molecule has 168 valence electrons. The minimum Gasteiger partial charge on any atom is -0.493 e. The number of aromatic nitrogens is 3. The second-order valence-corrected chi connectivity index (χ2v) is 7.59. The fraction of sp³-hybridized carbons (Fsp3) is 0.348. The first kappa shape index (κ1) is 21.5. The van der Waals surface area contributed by atoms with Gasteiger partial charge in [0.25, 0.3) is 0 Å². The van der Waals surface area contributed by atoms with Gasteiger partial charge < -0.3 is 24.6 Å². The molecule has 1 N–H and O–H groups in total. The molecule has 3 aromatic rings. The molecule has 9 heteroatoms. The van der Waals surface area contributed by atoms with E-state index in [1.807, 2.05) is 34.7 Å².